The maximum Gasteiger partial charge on any atom is 0.346 e. The molecule has 11 heteroatoms. The van der Waals surface area contributed by atoms with E-state index in [4.69, 9.17) is 8.92 Å². The molecule has 1 heterocycles. The molecule has 184 valence electrons. The van der Waals surface area contributed by atoms with Gasteiger partial charge in [0.25, 0.3) is 11.6 Å². The van der Waals surface area contributed by atoms with Gasteiger partial charge in [0.05, 0.1) is 28.5 Å². The van der Waals surface area contributed by atoms with Crippen LogP contribution in [0.1, 0.15) is 19.4 Å². The Kier molecular flexibility index (Phi) is 6.84. The second kappa shape index (κ2) is 10.0. The number of hydrogen-bond donors (Lipinski definition) is 0. The summed E-state index contributed by atoms with van der Waals surface area (Å²) in [6.07, 6.45) is 1.62. The van der Waals surface area contributed by atoms with Gasteiger partial charge in [-0.3, -0.25) is 14.9 Å². The maximum absolute atomic E-state index is 13.0. The van der Waals surface area contributed by atoms with Gasteiger partial charge >= 0.3 is 10.1 Å². The number of carbonyl (C=O) groups is 1. The van der Waals surface area contributed by atoms with Crippen molar-refractivity contribution in [3.8, 4) is 11.5 Å². The smallest absolute Gasteiger partial charge is 0.346 e. The molecule has 3 aromatic carbocycles. The van der Waals surface area contributed by atoms with Crippen LogP contribution in [0.3, 0.4) is 0 Å². The summed E-state index contributed by atoms with van der Waals surface area (Å²) >= 11 is 0. The Morgan fingerprint density at radius 2 is 1.72 bits per heavy atom. The Balaban J connectivity index is 1.66. The van der Waals surface area contributed by atoms with Gasteiger partial charge in [-0.1, -0.05) is 36.4 Å². The summed E-state index contributed by atoms with van der Waals surface area (Å²) < 4.78 is 36.5. The lowest BCUT2D eigenvalue weighted by atomic mass is 10.1. The first kappa shape index (κ1) is 24.6. The van der Waals surface area contributed by atoms with Crippen LogP contribution in [0.2, 0.25) is 0 Å². The molecule has 0 aliphatic carbocycles. The number of anilines is 1. The fraction of sp³-hybridized carbons (Fsp3) is 0.120. The minimum atomic E-state index is -4.54. The van der Waals surface area contributed by atoms with E-state index in [0.29, 0.717) is 22.5 Å². The molecular formula is C25H21N3O7S. The van der Waals surface area contributed by atoms with Crippen molar-refractivity contribution in [2.24, 2.45) is 5.10 Å². The maximum atomic E-state index is 13.0. The lowest BCUT2D eigenvalue weighted by Crippen LogP contribution is -2.21. The number of carbonyl (C=O) groups excluding carboxylic acids is 1. The first-order chi connectivity index (χ1) is 17.2. The van der Waals surface area contributed by atoms with E-state index in [9.17, 15) is 23.3 Å². The SMILES string of the molecule is CCOc1cc(C=C2C(=O)N(c3ccccc3)N=C2C)ccc1OS(=O)(=O)c1ccccc1[N+](=O)[O-]. The Labute approximate surface area is 207 Å². The average molecular weight is 508 g/mol. The highest BCUT2D eigenvalue weighted by atomic mass is 32.2. The van der Waals surface area contributed by atoms with Crippen LogP contribution >= 0.6 is 0 Å². The lowest BCUT2D eigenvalue weighted by molar-refractivity contribution is -0.387. The molecule has 0 N–H and O–H groups in total. The minimum Gasteiger partial charge on any atom is -0.490 e. The molecule has 0 bridgehead atoms. The van der Waals surface area contributed by atoms with E-state index in [1.807, 2.05) is 6.07 Å². The van der Waals surface area contributed by atoms with E-state index in [2.05, 4.69) is 5.10 Å². The van der Waals surface area contributed by atoms with Gasteiger partial charge in [0.15, 0.2) is 16.4 Å². The Bertz CT molecular complexity index is 1500. The van der Waals surface area contributed by atoms with Crippen molar-refractivity contribution >= 4 is 39.2 Å². The third-order valence-electron chi connectivity index (χ3n) is 5.17. The number of nitrogens with zero attached hydrogens (tertiary/aromatic N) is 3. The molecule has 10 nitrogen and oxygen atoms in total. The molecule has 1 aliphatic heterocycles. The molecule has 1 aliphatic rings. The van der Waals surface area contributed by atoms with E-state index in [-0.39, 0.29) is 24.0 Å². The summed E-state index contributed by atoms with van der Waals surface area (Å²) in [4.78, 5) is 22.9. The molecular weight excluding hydrogens is 486 g/mol. The minimum absolute atomic E-state index is 0.0916. The zero-order valence-electron chi connectivity index (χ0n) is 19.3. The van der Waals surface area contributed by atoms with E-state index < -0.39 is 25.6 Å². The summed E-state index contributed by atoms with van der Waals surface area (Å²) in [7, 11) is -4.54. The van der Waals surface area contributed by atoms with Crippen molar-refractivity contribution in [1.82, 2.24) is 0 Å². The van der Waals surface area contributed by atoms with Crippen LogP contribution in [0, 0.1) is 10.1 Å². The molecule has 0 saturated heterocycles. The number of amides is 1. The molecule has 0 fully saturated rings. The number of ether oxygens (including phenoxy) is 1. The van der Waals surface area contributed by atoms with Gasteiger partial charge in [-0.2, -0.15) is 18.5 Å². The quantitative estimate of drug-likeness (QED) is 0.189. The normalized spacial score (nSPS) is 14.6. The third-order valence-corrected chi connectivity index (χ3v) is 6.46. The lowest BCUT2D eigenvalue weighted by Gasteiger charge is -2.13. The number of para-hydroxylation sites is 2. The third kappa shape index (κ3) is 4.96. The van der Waals surface area contributed by atoms with Crippen molar-refractivity contribution in [1.29, 1.82) is 0 Å². The summed E-state index contributed by atoms with van der Waals surface area (Å²) in [6, 6.07) is 18.3. The van der Waals surface area contributed by atoms with Crippen molar-refractivity contribution in [3.05, 3.63) is 94.0 Å². The van der Waals surface area contributed by atoms with Gasteiger partial charge < -0.3 is 8.92 Å². The molecule has 0 spiro atoms. The van der Waals surface area contributed by atoms with Crippen molar-refractivity contribution in [2.75, 3.05) is 11.6 Å². The van der Waals surface area contributed by atoms with Crippen LogP contribution in [0.5, 0.6) is 11.5 Å². The second-order valence-electron chi connectivity index (χ2n) is 7.60. The molecule has 3 aromatic rings. The van der Waals surface area contributed by atoms with Crippen LogP contribution in [0.25, 0.3) is 6.08 Å². The average Bonchev–Trinajstić information content (AvgIpc) is 3.14. The zero-order chi connectivity index (χ0) is 25.9. The summed E-state index contributed by atoms with van der Waals surface area (Å²) in [5.74, 6) is -0.365. The van der Waals surface area contributed by atoms with Crippen LogP contribution in [0.15, 0.2) is 88.4 Å². The van der Waals surface area contributed by atoms with E-state index in [0.717, 1.165) is 12.1 Å². The summed E-state index contributed by atoms with van der Waals surface area (Å²) in [6.45, 7) is 3.62. The number of hydrogen-bond acceptors (Lipinski definition) is 8. The predicted molar refractivity (Wildman–Crippen MR) is 134 cm³/mol. The van der Waals surface area contributed by atoms with Gasteiger partial charge in [0, 0.05) is 6.07 Å². The predicted octanol–water partition coefficient (Wildman–Crippen LogP) is 4.57. The van der Waals surface area contributed by atoms with Crippen molar-refractivity contribution in [3.63, 3.8) is 0 Å². The molecule has 1 amide bonds. The number of nitro groups is 1. The Morgan fingerprint density at radius 1 is 1.03 bits per heavy atom. The standard InChI is InChI=1S/C25H21N3O7S/c1-3-34-23-16-18(15-20-17(2)26-27(25(20)29)19-9-5-4-6-10-19)13-14-22(23)35-36(32,33)24-12-8-7-11-21(24)28(30)31/h4-16H,3H2,1-2H3. The van der Waals surface area contributed by atoms with Crippen LogP contribution < -0.4 is 13.9 Å². The Hall–Kier alpha value is -4.51. The van der Waals surface area contributed by atoms with Crippen LogP contribution in [-0.2, 0) is 14.9 Å². The first-order valence-corrected chi connectivity index (χ1v) is 12.2. The molecule has 0 saturated carbocycles. The van der Waals surface area contributed by atoms with Gasteiger partial charge in [0.1, 0.15) is 0 Å². The fourth-order valence-electron chi connectivity index (χ4n) is 3.53. The highest BCUT2D eigenvalue weighted by Crippen LogP contribution is 2.34. The van der Waals surface area contributed by atoms with E-state index in [1.165, 1.54) is 29.3 Å². The highest BCUT2D eigenvalue weighted by molar-refractivity contribution is 7.87. The molecule has 0 atom stereocenters. The van der Waals surface area contributed by atoms with E-state index in [1.54, 1.807) is 50.3 Å². The largest absolute Gasteiger partial charge is 0.490 e. The van der Waals surface area contributed by atoms with Crippen molar-refractivity contribution in [2.45, 2.75) is 18.7 Å². The van der Waals surface area contributed by atoms with Crippen LogP contribution in [-0.4, -0.2) is 31.6 Å². The fourth-order valence-corrected chi connectivity index (χ4v) is 4.64. The number of rotatable bonds is 8. The second-order valence-corrected chi connectivity index (χ2v) is 9.11. The van der Waals surface area contributed by atoms with Gasteiger partial charge in [-0.05, 0) is 55.8 Å². The topological polar surface area (TPSA) is 128 Å². The van der Waals surface area contributed by atoms with Crippen LogP contribution in [0.4, 0.5) is 11.4 Å². The summed E-state index contributed by atoms with van der Waals surface area (Å²) in [5.41, 5.74) is 1.45. The van der Waals surface area contributed by atoms with Crippen molar-refractivity contribution < 1.29 is 27.1 Å². The molecule has 4 rings (SSSR count). The number of benzene rings is 3. The number of nitro benzene ring substituents is 1. The molecule has 36 heavy (non-hydrogen) atoms. The van der Waals surface area contributed by atoms with Gasteiger partial charge in [0.2, 0.25) is 0 Å². The first-order valence-electron chi connectivity index (χ1n) is 10.8. The van der Waals surface area contributed by atoms with Gasteiger partial charge in [-0.15, -0.1) is 0 Å². The van der Waals surface area contributed by atoms with Gasteiger partial charge in [-0.25, -0.2) is 0 Å². The summed E-state index contributed by atoms with van der Waals surface area (Å²) in [5, 5.41) is 16.9. The zero-order valence-corrected chi connectivity index (χ0v) is 20.1. The molecule has 0 aromatic heterocycles. The number of hydrazone groups is 1. The monoisotopic (exact) mass is 507 g/mol. The highest BCUT2D eigenvalue weighted by Gasteiger charge is 2.30. The molecule has 0 unspecified atom stereocenters. The Morgan fingerprint density at radius 3 is 2.42 bits per heavy atom. The van der Waals surface area contributed by atoms with E-state index >= 15 is 0 Å². The molecule has 0 radical (unpaired) electrons.